The molecule has 0 aliphatic heterocycles. The van der Waals surface area contributed by atoms with E-state index < -0.39 is 72.8 Å². The normalized spacial score (nSPS) is 14.3. The SMILES string of the molecule is CSCCC(NC(=O)C(N)CO)C(=O)NC(CCC(N)=O)C(=O)NC(CC(=O)O)C(=O)O. The Morgan fingerprint density at radius 2 is 1.38 bits per heavy atom. The summed E-state index contributed by atoms with van der Waals surface area (Å²) in [7, 11) is 0. The summed E-state index contributed by atoms with van der Waals surface area (Å²) in [6, 6.07) is -5.64. The van der Waals surface area contributed by atoms with Crippen molar-refractivity contribution in [1.29, 1.82) is 0 Å². The first-order valence-corrected chi connectivity index (χ1v) is 10.8. The monoisotopic (exact) mass is 479 g/mol. The van der Waals surface area contributed by atoms with Crippen LogP contribution in [0.3, 0.4) is 0 Å². The molecule has 0 saturated heterocycles. The zero-order chi connectivity index (χ0) is 24.8. The van der Waals surface area contributed by atoms with Crippen LogP contribution in [0.1, 0.15) is 25.7 Å². The van der Waals surface area contributed by atoms with Gasteiger partial charge in [-0.15, -0.1) is 0 Å². The molecular weight excluding hydrogens is 450 g/mol. The minimum atomic E-state index is -1.78. The van der Waals surface area contributed by atoms with Crippen LogP contribution in [0.4, 0.5) is 0 Å². The van der Waals surface area contributed by atoms with Gasteiger partial charge in [-0.05, 0) is 24.9 Å². The van der Waals surface area contributed by atoms with Crippen LogP contribution in [0.5, 0.6) is 0 Å². The Hall–Kier alpha value is -2.91. The van der Waals surface area contributed by atoms with Crippen LogP contribution in [0.25, 0.3) is 0 Å². The number of carbonyl (C=O) groups excluding carboxylic acids is 4. The molecule has 0 aliphatic carbocycles. The number of nitrogens with one attached hydrogen (secondary N) is 3. The van der Waals surface area contributed by atoms with E-state index in [1.165, 1.54) is 11.8 Å². The summed E-state index contributed by atoms with van der Waals surface area (Å²) in [4.78, 5) is 70.3. The summed E-state index contributed by atoms with van der Waals surface area (Å²) in [6.07, 6.45) is 0.340. The van der Waals surface area contributed by atoms with Crippen molar-refractivity contribution in [2.75, 3.05) is 18.6 Å². The van der Waals surface area contributed by atoms with E-state index in [9.17, 15) is 28.8 Å². The van der Waals surface area contributed by atoms with Crippen LogP contribution < -0.4 is 27.4 Å². The van der Waals surface area contributed by atoms with Crippen LogP contribution in [0, 0.1) is 0 Å². The van der Waals surface area contributed by atoms with Gasteiger partial charge in [0.2, 0.25) is 23.6 Å². The van der Waals surface area contributed by atoms with E-state index in [2.05, 4.69) is 10.6 Å². The fourth-order valence-electron chi connectivity index (χ4n) is 2.34. The number of rotatable bonds is 16. The topological polar surface area (TPSA) is 251 Å². The van der Waals surface area contributed by atoms with Crippen LogP contribution >= 0.6 is 11.8 Å². The fourth-order valence-corrected chi connectivity index (χ4v) is 2.81. The van der Waals surface area contributed by atoms with E-state index in [0.29, 0.717) is 5.75 Å². The Kier molecular flexibility index (Phi) is 13.6. The molecule has 0 radical (unpaired) electrons. The molecule has 32 heavy (non-hydrogen) atoms. The van der Waals surface area contributed by atoms with Gasteiger partial charge >= 0.3 is 11.9 Å². The molecule has 10 N–H and O–H groups in total. The first kappa shape index (κ1) is 29.1. The van der Waals surface area contributed by atoms with Gasteiger partial charge in [-0.1, -0.05) is 0 Å². The number of primary amides is 1. The Morgan fingerprint density at radius 3 is 1.81 bits per heavy atom. The Bertz CT molecular complexity index is 706. The van der Waals surface area contributed by atoms with Crippen molar-refractivity contribution < 1.29 is 44.1 Å². The zero-order valence-corrected chi connectivity index (χ0v) is 18.2. The number of amides is 4. The van der Waals surface area contributed by atoms with Crippen molar-refractivity contribution in [3.8, 4) is 0 Å². The van der Waals surface area contributed by atoms with Gasteiger partial charge in [0.1, 0.15) is 24.2 Å². The highest BCUT2D eigenvalue weighted by Crippen LogP contribution is 2.05. The number of hydrogen-bond donors (Lipinski definition) is 8. The third-order valence-electron chi connectivity index (χ3n) is 4.08. The second-order valence-corrected chi connectivity index (χ2v) is 7.68. The molecule has 182 valence electrons. The van der Waals surface area contributed by atoms with E-state index in [0.717, 1.165) is 0 Å². The smallest absolute Gasteiger partial charge is 0.326 e. The average molecular weight is 480 g/mol. The second kappa shape index (κ2) is 15.0. The fraction of sp³-hybridized carbons (Fsp3) is 0.647. The third kappa shape index (κ3) is 11.5. The van der Waals surface area contributed by atoms with Crippen molar-refractivity contribution in [1.82, 2.24) is 16.0 Å². The summed E-state index contributed by atoms with van der Waals surface area (Å²) in [5, 5.41) is 33.5. The average Bonchev–Trinajstić information content (AvgIpc) is 2.71. The quantitative estimate of drug-likeness (QED) is 0.107. The standard InChI is InChI=1S/C17H29N5O9S/c1-32-5-4-10(20-14(27)8(18)7-23)16(29)21-9(2-3-12(19)24)15(28)22-11(17(30)31)6-13(25)26/h8-11,23H,2-7,18H2,1H3,(H2,19,24)(H,20,27)(H,21,29)(H,22,28)(H,25,26)(H,30,31). The molecular formula is C17H29N5O9S. The van der Waals surface area contributed by atoms with Gasteiger partial charge in [0.15, 0.2) is 0 Å². The van der Waals surface area contributed by atoms with Crippen LogP contribution in [0.2, 0.25) is 0 Å². The van der Waals surface area contributed by atoms with Crippen LogP contribution in [0.15, 0.2) is 0 Å². The van der Waals surface area contributed by atoms with Gasteiger partial charge in [0.05, 0.1) is 13.0 Å². The first-order valence-electron chi connectivity index (χ1n) is 9.42. The largest absolute Gasteiger partial charge is 0.481 e. The highest BCUT2D eigenvalue weighted by atomic mass is 32.2. The van der Waals surface area contributed by atoms with Gasteiger partial charge in [-0.2, -0.15) is 11.8 Å². The molecule has 0 bridgehead atoms. The Balaban J connectivity index is 5.50. The molecule has 0 rings (SSSR count). The third-order valence-corrected chi connectivity index (χ3v) is 4.73. The molecule has 0 aromatic carbocycles. The van der Waals surface area contributed by atoms with E-state index in [4.69, 9.17) is 26.8 Å². The maximum atomic E-state index is 12.7. The Morgan fingerprint density at radius 1 is 0.875 bits per heavy atom. The van der Waals surface area contributed by atoms with Gasteiger partial charge < -0.3 is 42.7 Å². The molecule has 0 aromatic heterocycles. The van der Waals surface area contributed by atoms with Crippen LogP contribution in [-0.2, 0) is 28.8 Å². The summed E-state index contributed by atoms with van der Waals surface area (Å²) >= 11 is 1.37. The van der Waals surface area contributed by atoms with Gasteiger partial charge in [-0.25, -0.2) is 4.79 Å². The number of nitrogens with two attached hydrogens (primary N) is 2. The Labute approximate surface area is 187 Å². The molecule has 4 unspecified atom stereocenters. The van der Waals surface area contributed by atoms with E-state index >= 15 is 0 Å². The minimum absolute atomic E-state index is 0.137. The number of carboxylic acid groups (broad SMARTS) is 2. The van der Waals surface area contributed by atoms with E-state index in [1.807, 2.05) is 5.32 Å². The molecule has 0 fully saturated rings. The van der Waals surface area contributed by atoms with E-state index in [1.54, 1.807) is 6.26 Å². The van der Waals surface area contributed by atoms with Crippen molar-refractivity contribution in [3.63, 3.8) is 0 Å². The maximum absolute atomic E-state index is 12.7. The zero-order valence-electron chi connectivity index (χ0n) is 17.4. The summed E-state index contributed by atoms with van der Waals surface area (Å²) in [5.41, 5.74) is 10.5. The molecule has 4 atom stereocenters. The summed E-state index contributed by atoms with van der Waals surface area (Å²) < 4.78 is 0. The number of carbonyl (C=O) groups is 6. The van der Waals surface area contributed by atoms with Crippen molar-refractivity contribution in [2.24, 2.45) is 11.5 Å². The predicted molar refractivity (Wildman–Crippen MR) is 112 cm³/mol. The lowest BCUT2D eigenvalue weighted by molar-refractivity contribution is -0.147. The number of aliphatic hydroxyl groups excluding tert-OH is 1. The summed E-state index contributed by atoms with van der Waals surface area (Å²) in [5.74, 6) is -6.12. The number of carboxylic acids is 2. The molecule has 0 aromatic rings. The van der Waals surface area contributed by atoms with Crippen LogP contribution in [-0.4, -0.2) is 93.7 Å². The van der Waals surface area contributed by atoms with Crippen molar-refractivity contribution in [2.45, 2.75) is 49.9 Å². The van der Waals surface area contributed by atoms with Crippen molar-refractivity contribution in [3.05, 3.63) is 0 Å². The highest BCUT2D eigenvalue weighted by Gasteiger charge is 2.31. The second-order valence-electron chi connectivity index (χ2n) is 6.70. The lowest BCUT2D eigenvalue weighted by Gasteiger charge is -2.24. The minimum Gasteiger partial charge on any atom is -0.481 e. The van der Waals surface area contributed by atoms with E-state index in [-0.39, 0.29) is 19.3 Å². The number of thioether (sulfide) groups is 1. The molecule has 0 heterocycles. The molecule has 0 saturated carbocycles. The van der Waals surface area contributed by atoms with Crippen molar-refractivity contribution >= 4 is 47.3 Å². The number of aliphatic hydroxyl groups is 1. The highest BCUT2D eigenvalue weighted by molar-refractivity contribution is 7.98. The lowest BCUT2D eigenvalue weighted by Crippen LogP contribution is -2.57. The molecule has 0 aliphatic rings. The number of aliphatic carboxylic acids is 2. The first-order chi connectivity index (χ1) is 14.9. The molecule has 4 amide bonds. The summed E-state index contributed by atoms with van der Waals surface area (Å²) in [6.45, 7) is -0.660. The van der Waals surface area contributed by atoms with Gasteiger partial charge in [0, 0.05) is 6.42 Å². The maximum Gasteiger partial charge on any atom is 0.326 e. The number of hydrogen-bond acceptors (Lipinski definition) is 9. The molecule has 14 nitrogen and oxygen atoms in total. The lowest BCUT2D eigenvalue weighted by atomic mass is 10.1. The van der Waals surface area contributed by atoms with Gasteiger partial charge in [0.25, 0.3) is 0 Å². The molecule has 15 heteroatoms. The predicted octanol–water partition coefficient (Wildman–Crippen LogP) is -3.66. The molecule has 0 spiro atoms. The van der Waals surface area contributed by atoms with Gasteiger partial charge in [-0.3, -0.25) is 24.0 Å².